The van der Waals surface area contributed by atoms with Gasteiger partial charge < -0.3 is 24.7 Å². The number of nitrogens with zero attached hydrogens (tertiary/aromatic N) is 1. The van der Waals surface area contributed by atoms with Crippen molar-refractivity contribution in [3.8, 4) is 5.75 Å². The number of methoxy groups -OCH3 is 1. The summed E-state index contributed by atoms with van der Waals surface area (Å²) in [5, 5.41) is 3.68. The molecule has 2 aliphatic carbocycles. The average molecular weight is 566 g/mol. The van der Waals surface area contributed by atoms with Crippen LogP contribution in [0.2, 0.25) is 0 Å². The minimum Gasteiger partial charge on any atom is -0.496 e. The topological polar surface area (TPSA) is 135 Å². The Kier molecular flexibility index (Phi) is 8.47. The Bertz CT molecular complexity index is 1350. The van der Waals surface area contributed by atoms with E-state index in [0.717, 1.165) is 36.6 Å². The third-order valence-electron chi connectivity index (χ3n) is 8.98. The van der Waals surface area contributed by atoms with Gasteiger partial charge in [0.05, 0.1) is 19.1 Å². The Balaban J connectivity index is 1.37. The van der Waals surface area contributed by atoms with Gasteiger partial charge >= 0.3 is 5.97 Å². The van der Waals surface area contributed by atoms with Crippen molar-refractivity contribution in [2.75, 3.05) is 20.3 Å². The summed E-state index contributed by atoms with van der Waals surface area (Å²) < 4.78 is 10.6. The van der Waals surface area contributed by atoms with Gasteiger partial charge in [0.25, 0.3) is 5.91 Å². The normalized spacial score (nSPS) is 24.5. The van der Waals surface area contributed by atoms with Crippen LogP contribution in [0.1, 0.15) is 69.3 Å². The highest BCUT2D eigenvalue weighted by atomic mass is 16.5. The van der Waals surface area contributed by atoms with Crippen molar-refractivity contribution in [3.05, 3.63) is 30.0 Å². The van der Waals surface area contributed by atoms with Gasteiger partial charge in [0.2, 0.25) is 5.91 Å². The Morgan fingerprint density at radius 3 is 2.63 bits per heavy atom. The van der Waals surface area contributed by atoms with Gasteiger partial charge in [-0.15, -0.1) is 0 Å². The first kappa shape index (κ1) is 28.8. The molecule has 0 radical (unpaired) electrons. The summed E-state index contributed by atoms with van der Waals surface area (Å²) in [5.74, 6) is -1.44. The number of hydrogen-bond acceptors (Lipinski definition) is 7. The molecule has 5 rings (SSSR count). The first-order valence-corrected chi connectivity index (χ1v) is 14.7. The molecule has 10 heteroatoms. The number of carbonyl (C=O) groups is 5. The Morgan fingerprint density at radius 2 is 1.93 bits per heavy atom. The van der Waals surface area contributed by atoms with E-state index in [9.17, 15) is 24.0 Å². The lowest BCUT2D eigenvalue weighted by Crippen LogP contribution is -2.53. The zero-order chi connectivity index (χ0) is 29.3. The third-order valence-corrected chi connectivity index (χ3v) is 8.98. The highest BCUT2D eigenvalue weighted by Gasteiger charge is 2.50. The summed E-state index contributed by atoms with van der Waals surface area (Å²) in [6, 6.07) is 5.56. The second kappa shape index (κ2) is 12.0. The van der Waals surface area contributed by atoms with E-state index in [-0.39, 0.29) is 35.9 Å². The summed E-state index contributed by atoms with van der Waals surface area (Å²) in [6.45, 7) is 3.34. The number of rotatable bonds is 10. The van der Waals surface area contributed by atoms with Crippen LogP contribution in [-0.2, 0) is 23.9 Å². The Morgan fingerprint density at radius 1 is 1.12 bits per heavy atom. The van der Waals surface area contributed by atoms with E-state index in [2.05, 4.69) is 10.3 Å². The first-order chi connectivity index (χ1) is 19.7. The zero-order valence-corrected chi connectivity index (χ0v) is 23.9. The van der Waals surface area contributed by atoms with Crippen LogP contribution in [-0.4, -0.2) is 71.6 Å². The van der Waals surface area contributed by atoms with Gasteiger partial charge in [-0.1, -0.05) is 26.3 Å². The number of hydrogen-bond donors (Lipinski definition) is 2. The van der Waals surface area contributed by atoms with Crippen molar-refractivity contribution < 1.29 is 33.4 Å². The largest absolute Gasteiger partial charge is 0.496 e. The molecule has 2 heterocycles. The SMILES string of the molecule is COc1cccc2[nH]c(C(=O)N3C[C@@H]4CCC[C@@H]4[C@H]3C(=O)N[C@@H](C[C@@H]3CCCC3=O)C(=O)COC(=O)C(C)C)cc12. The van der Waals surface area contributed by atoms with Gasteiger partial charge in [0.1, 0.15) is 23.3 Å². The highest BCUT2D eigenvalue weighted by molar-refractivity contribution is 6.02. The monoisotopic (exact) mass is 565 g/mol. The molecule has 3 aliphatic rings. The Hall–Kier alpha value is -3.69. The summed E-state index contributed by atoms with van der Waals surface area (Å²) in [7, 11) is 1.58. The number of Topliss-reactive ketones (excluding diaryl/α,β-unsaturated/α-hetero) is 2. The number of esters is 1. The lowest BCUT2D eigenvalue weighted by molar-refractivity contribution is -0.151. The van der Waals surface area contributed by atoms with Crippen molar-refractivity contribution in [2.45, 2.75) is 70.9 Å². The average Bonchev–Trinajstić information content (AvgIpc) is 3.74. The number of likely N-dealkylation sites (tertiary alicyclic amines) is 1. The molecule has 0 spiro atoms. The van der Waals surface area contributed by atoms with Crippen molar-refractivity contribution in [1.29, 1.82) is 0 Å². The molecule has 5 atom stereocenters. The molecule has 2 saturated carbocycles. The van der Waals surface area contributed by atoms with Gasteiger partial charge in [-0.05, 0) is 62.1 Å². The van der Waals surface area contributed by atoms with Crippen LogP contribution in [0.25, 0.3) is 10.9 Å². The number of fused-ring (bicyclic) bond motifs is 2. The molecule has 2 amide bonds. The van der Waals surface area contributed by atoms with Crippen LogP contribution in [0, 0.1) is 23.7 Å². The minimum absolute atomic E-state index is 0.0134. The van der Waals surface area contributed by atoms with Crippen molar-refractivity contribution >= 4 is 40.3 Å². The lowest BCUT2D eigenvalue weighted by Gasteiger charge is -2.29. The van der Waals surface area contributed by atoms with Crippen LogP contribution in [0.5, 0.6) is 5.75 Å². The van der Waals surface area contributed by atoms with Gasteiger partial charge in [-0.25, -0.2) is 0 Å². The van der Waals surface area contributed by atoms with Crippen LogP contribution in [0.15, 0.2) is 24.3 Å². The van der Waals surface area contributed by atoms with Crippen LogP contribution < -0.4 is 10.1 Å². The number of ether oxygens (including phenoxy) is 2. The van der Waals surface area contributed by atoms with Crippen molar-refractivity contribution in [3.63, 3.8) is 0 Å². The molecular weight excluding hydrogens is 526 g/mol. The van der Waals surface area contributed by atoms with Gasteiger partial charge in [0.15, 0.2) is 12.4 Å². The molecule has 1 aromatic heterocycles. The number of H-pyrrole nitrogens is 1. The molecule has 0 bridgehead atoms. The Labute approximate surface area is 239 Å². The van der Waals surface area contributed by atoms with Crippen LogP contribution in [0.3, 0.4) is 0 Å². The maximum Gasteiger partial charge on any atom is 0.308 e. The number of amides is 2. The summed E-state index contributed by atoms with van der Waals surface area (Å²) in [6.07, 6.45) is 4.78. The summed E-state index contributed by atoms with van der Waals surface area (Å²) in [4.78, 5) is 70.3. The van der Waals surface area contributed by atoms with Gasteiger partial charge in [0, 0.05) is 29.8 Å². The van der Waals surface area contributed by atoms with Crippen LogP contribution in [0.4, 0.5) is 0 Å². The van der Waals surface area contributed by atoms with Crippen LogP contribution >= 0.6 is 0 Å². The highest BCUT2D eigenvalue weighted by Crippen LogP contribution is 2.43. The third kappa shape index (κ3) is 5.87. The van der Waals surface area contributed by atoms with Crippen molar-refractivity contribution in [1.82, 2.24) is 15.2 Å². The molecule has 2 N–H and O–H groups in total. The van der Waals surface area contributed by atoms with E-state index >= 15 is 0 Å². The predicted molar refractivity (Wildman–Crippen MR) is 150 cm³/mol. The fourth-order valence-electron chi connectivity index (χ4n) is 6.78. The lowest BCUT2D eigenvalue weighted by atomic mass is 9.91. The second-order valence-corrected chi connectivity index (χ2v) is 11.9. The molecule has 10 nitrogen and oxygen atoms in total. The number of ketones is 2. The molecule has 41 heavy (non-hydrogen) atoms. The number of aromatic nitrogens is 1. The molecule has 0 unspecified atom stereocenters. The fraction of sp³-hybridized carbons (Fsp3) is 0.581. The maximum absolute atomic E-state index is 13.9. The standard InChI is InChI=1S/C31H39N3O7/c1-17(2)31(39)41-16-26(36)23(13-18-7-5-11-25(18)35)33-29(37)28-20-9-4-8-19(20)15-34(28)30(38)24-14-21-22(32-24)10-6-12-27(21)40-3/h6,10,12,14,17-20,23,28,32H,4-5,7-9,11,13,15-16H2,1-3H3,(H,33,37)/t18-,19-,20-,23-,28-/m0/s1. The number of aromatic amines is 1. The fourth-order valence-corrected chi connectivity index (χ4v) is 6.78. The van der Waals surface area contributed by atoms with Gasteiger partial charge in [-0.3, -0.25) is 24.0 Å². The van der Waals surface area contributed by atoms with E-state index in [1.165, 1.54) is 0 Å². The van der Waals surface area contributed by atoms with Crippen molar-refractivity contribution in [2.24, 2.45) is 23.7 Å². The number of benzene rings is 1. The summed E-state index contributed by atoms with van der Waals surface area (Å²) in [5.41, 5.74) is 1.13. The molecule has 2 aromatic rings. The van der Waals surface area contributed by atoms with E-state index in [0.29, 0.717) is 30.8 Å². The smallest absolute Gasteiger partial charge is 0.308 e. The van der Waals surface area contributed by atoms with E-state index in [1.807, 2.05) is 18.2 Å². The van der Waals surface area contributed by atoms with E-state index in [4.69, 9.17) is 9.47 Å². The maximum atomic E-state index is 13.9. The van der Waals surface area contributed by atoms with E-state index in [1.54, 1.807) is 31.9 Å². The zero-order valence-electron chi connectivity index (χ0n) is 23.9. The molecule has 1 aromatic carbocycles. The number of carbonyl (C=O) groups excluding carboxylic acids is 5. The molecule has 220 valence electrons. The molecule has 3 fully saturated rings. The van der Waals surface area contributed by atoms with E-state index < -0.39 is 42.3 Å². The molecule has 1 aliphatic heterocycles. The quantitative estimate of drug-likeness (QED) is 0.422. The predicted octanol–water partition coefficient (Wildman–Crippen LogP) is 3.43. The van der Waals surface area contributed by atoms with Gasteiger partial charge in [-0.2, -0.15) is 0 Å². The second-order valence-electron chi connectivity index (χ2n) is 11.9. The summed E-state index contributed by atoms with van der Waals surface area (Å²) >= 11 is 0. The minimum atomic E-state index is -0.982. The number of nitrogens with one attached hydrogen (secondary N) is 2. The first-order valence-electron chi connectivity index (χ1n) is 14.7. The molecular formula is C31H39N3O7. The molecule has 1 saturated heterocycles.